The van der Waals surface area contributed by atoms with Gasteiger partial charge in [-0.15, -0.1) is 11.3 Å². The fraction of sp³-hybridized carbons (Fsp3) is 0.429. The molecule has 1 aliphatic rings. The van der Waals surface area contributed by atoms with E-state index in [1.807, 2.05) is 6.20 Å². The molecule has 0 spiro atoms. The van der Waals surface area contributed by atoms with E-state index in [1.165, 1.54) is 12.5 Å². The zero-order valence-corrected chi connectivity index (χ0v) is 13.6. The number of aryl methyl sites for hydroxylation is 2. The highest BCUT2D eigenvalue weighted by atomic mass is 32.2. The Bertz CT molecular complexity index is 754. The van der Waals surface area contributed by atoms with Gasteiger partial charge >= 0.3 is 0 Å². The Hall–Kier alpha value is -1.51. The second-order valence-electron chi connectivity index (χ2n) is 5.23. The number of thiophene rings is 1. The Morgan fingerprint density at radius 1 is 1.41 bits per heavy atom. The first kappa shape index (κ1) is 15.4. The standard InChI is InChI=1S/C14H17N3O3S2/c18-10-11-5-8-21-14(11)22(19,20)15-6-4-12-9-17-7-2-1-3-13(17)16-12/h5,8-10,15H,1-4,6-7H2. The summed E-state index contributed by atoms with van der Waals surface area (Å²) in [5.74, 6) is 1.09. The van der Waals surface area contributed by atoms with Gasteiger partial charge < -0.3 is 4.57 Å². The first-order chi connectivity index (χ1) is 10.6. The fourth-order valence-corrected chi connectivity index (χ4v) is 4.95. The van der Waals surface area contributed by atoms with Gasteiger partial charge in [0.2, 0.25) is 0 Å². The van der Waals surface area contributed by atoms with Crippen molar-refractivity contribution in [1.29, 1.82) is 0 Å². The molecule has 0 fully saturated rings. The lowest BCUT2D eigenvalue weighted by molar-refractivity contribution is 0.112. The number of sulfonamides is 1. The van der Waals surface area contributed by atoms with E-state index in [-0.39, 0.29) is 16.3 Å². The van der Waals surface area contributed by atoms with Gasteiger partial charge in [-0.05, 0) is 24.3 Å². The van der Waals surface area contributed by atoms with Crippen molar-refractivity contribution in [2.24, 2.45) is 0 Å². The van der Waals surface area contributed by atoms with Crippen LogP contribution in [0, 0.1) is 0 Å². The monoisotopic (exact) mass is 339 g/mol. The normalized spacial score (nSPS) is 14.7. The first-order valence-electron chi connectivity index (χ1n) is 7.17. The van der Waals surface area contributed by atoms with E-state index in [0.717, 1.165) is 42.2 Å². The van der Waals surface area contributed by atoms with Crippen molar-refractivity contribution < 1.29 is 13.2 Å². The van der Waals surface area contributed by atoms with E-state index < -0.39 is 10.0 Å². The third-order valence-electron chi connectivity index (χ3n) is 3.66. The van der Waals surface area contributed by atoms with Crippen molar-refractivity contribution in [3.63, 3.8) is 0 Å². The molecule has 0 radical (unpaired) electrons. The van der Waals surface area contributed by atoms with Crippen LogP contribution in [0.1, 0.15) is 34.7 Å². The Kier molecular flexibility index (Phi) is 4.42. The molecule has 2 aromatic rings. The summed E-state index contributed by atoms with van der Waals surface area (Å²) < 4.78 is 29.1. The minimum Gasteiger partial charge on any atom is -0.335 e. The van der Waals surface area contributed by atoms with Gasteiger partial charge in [0.05, 0.1) is 5.69 Å². The highest BCUT2D eigenvalue weighted by Gasteiger charge is 2.20. The maximum absolute atomic E-state index is 12.2. The first-order valence-corrected chi connectivity index (χ1v) is 9.54. The van der Waals surface area contributed by atoms with E-state index in [4.69, 9.17) is 0 Å². The largest absolute Gasteiger partial charge is 0.335 e. The van der Waals surface area contributed by atoms with E-state index in [9.17, 15) is 13.2 Å². The Morgan fingerprint density at radius 3 is 3.05 bits per heavy atom. The summed E-state index contributed by atoms with van der Waals surface area (Å²) in [4.78, 5) is 15.4. The highest BCUT2D eigenvalue weighted by Crippen LogP contribution is 2.21. The van der Waals surface area contributed by atoms with Crippen LogP contribution in [0.15, 0.2) is 21.9 Å². The number of carbonyl (C=O) groups excluding carboxylic acids is 1. The number of aromatic nitrogens is 2. The zero-order chi connectivity index (χ0) is 15.6. The molecular formula is C14H17N3O3S2. The molecule has 118 valence electrons. The van der Waals surface area contributed by atoms with E-state index in [0.29, 0.717) is 12.7 Å². The van der Waals surface area contributed by atoms with Gasteiger partial charge in [-0.1, -0.05) is 0 Å². The molecule has 0 saturated carbocycles. The van der Waals surface area contributed by atoms with Crippen molar-refractivity contribution >= 4 is 27.6 Å². The second kappa shape index (κ2) is 6.31. The van der Waals surface area contributed by atoms with Crippen LogP contribution in [0.3, 0.4) is 0 Å². The fourth-order valence-electron chi connectivity index (χ4n) is 2.58. The molecule has 0 saturated heterocycles. The van der Waals surface area contributed by atoms with E-state index in [2.05, 4.69) is 14.3 Å². The minimum absolute atomic E-state index is 0.0756. The maximum atomic E-state index is 12.2. The maximum Gasteiger partial charge on any atom is 0.250 e. The summed E-state index contributed by atoms with van der Waals surface area (Å²) in [6.07, 6.45) is 6.43. The molecule has 22 heavy (non-hydrogen) atoms. The summed E-state index contributed by atoms with van der Waals surface area (Å²) in [5, 5.41) is 1.60. The second-order valence-corrected chi connectivity index (χ2v) is 8.11. The molecule has 3 rings (SSSR count). The molecule has 2 aromatic heterocycles. The molecule has 6 nitrogen and oxygen atoms in total. The number of rotatable bonds is 6. The number of imidazole rings is 1. The average molecular weight is 339 g/mol. The zero-order valence-electron chi connectivity index (χ0n) is 12.0. The molecule has 0 aromatic carbocycles. The number of hydrogen-bond acceptors (Lipinski definition) is 5. The average Bonchev–Trinajstić information content (AvgIpc) is 3.13. The van der Waals surface area contributed by atoms with Crippen LogP contribution >= 0.6 is 11.3 Å². The number of carbonyl (C=O) groups is 1. The molecule has 3 heterocycles. The molecule has 0 aliphatic carbocycles. The van der Waals surface area contributed by atoms with Crippen molar-refractivity contribution in [3.05, 3.63) is 34.7 Å². The number of fused-ring (bicyclic) bond motifs is 1. The van der Waals surface area contributed by atoms with Crippen LogP contribution in [0.2, 0.25) is 0 Å². The third kappa shape index (κ3) is 3.13. The molecule has 0 atom stereocenters. The molecule has 1 aliphatic heterocycles. The quantitative estimate of drug-likeness (QED) is 0.811. The summed E-state index contributed by atoms with van der Waals surface area (Å²) in [7, 11) is -3.63. The molecule has 0 bridgehead atoms. The summed E-state index contributed by atoms with van der Waals surface area (Å²) in [5.41, 5.74) is 1.11. The highest BCUT2D eigenvalue weighted by molar-refractivity contribution is 7.91. The van der Waals surface area contributed by atoms with Gasteiger partial charge in [-0.3, -0.25) is 4.79 Å². The number of nitrogens with zero attached hydrogens (tertiary/aromatic N) is 2. The minimum atomic E-state index is -3.63. The van der Waals surface area contributed by atoms with Crippen LogP contribution in [0.4, 0.5) is 0 Å². The molecular weight excluding hydrogens is 322 g/mol. The van der Waals surface area contributed by atoms with Gasteiger partial charge in [0.25, 0.3) is 10.0 Å². The molecule has 1 N–H and O–H groups in total. The topological polar surface area (TPSA) is 81.1 Å². The van der Waals surface area contributed by atoms with Gasteiger partial charge in [-0.25, -0.2) is 18.1 Å². The summed E-state index contributed by atoms with van der Waals surface area (Å²) in [6.45, 7) is 1.26. The number of hydrogen-bond donors (Lipinski definition) is 1. The predicted molar refractivity (Wildman–Crippen MR) is 83.8 cm³/mol. The van der Waals surface area contributed by atoms with Crippen LogP contribution in [-0.2, 0) is 29.4 Å². The molecule has 0 amide bonds. The van der Waals surface area contributed by atoms with Crippen LogP contribution in [0.5, 0.6) is 0 Å². The number of nitrogens with one attached hydrogen (secondary N) is 1. The van der Waals surface area contributed by atoms with Crippen molar-refractivity contribution in [1.82, 2.24) is 14.3 Å². The Balaban J connectivity index is 1.63. The predicted octanol–water partition coefficient (Wildman–Crippen LogP) is 1.61. The van der Waals surface area contributed by atoms with Crippen molar-refractivity contribution in [2.45, 2.75) is 36.4 Å². The lowest BCUT2D eigenvalue weighted by Gasteiger charge is -2.11. The molecule has 8 heteroatoms. The van der Waals surface area contributed by atoms with E-state index in [1.54, 1.807) is 5.38 Å². The summed E-state index contributed by atoms with van der Waals surface area (Å²) >= 11 is 1.05. The van der Waals surface area contributed by atoms with Crippen LogP contribution in [-0.4, -0.2) is 30.8 Å². The Labute approximate surface area is 133 Å². The number of aldehydes is 1. The van der Waals surface area contributed by atoms with Crippen molar-refractivity contribution in [2.75, 3.05) is 6.54 Å². The smallest absolute Gasteiger partial charge is 0.250 e. The van der Waals surface area contributed by atoms with Crippen LogP contribution < -0.4 is 4.72 Å². The third-order valence-corrected chi connectivity index (χ3v) is 6.64. The van der Waals surface area contributed by atoms with Gasteiger partial charge in [0.15, 0.2) is 6.29 Å². The van der Waals surface area contributed by atoms with Gasteiger partial charge in [0.1, 0.15) is 10.0 Å². The SMILES string of the molecule is O=Cc1ccsc1S(=O)(=O)NCCc1cn2c(n1)CCCC2. The molecule has 0 unspecified atom stereocenters. The summed E-state index contributed by atoms with van der Waals surface area (Å²) in [6, 6.07) is 1.51. The van der Waals surface area contributed by atoms with Crippen molar-refractivity contribution in [3.8, 4) is 0 Å². The Morgan fingerprint density at radius 2 is 2.27 bits per heavy atom. The lowest BCUT2D eigenvalue weighted by Crippen LogP contribution is -2.26. The van der Waals surface area contributed by atoms with Crippen LogP contribution in [0.25, 0.3) is 0 Å². The van der Waals surface area contributed by atoms with E-state index >= 15 is 0 Å². The van der Waals surface area contributed by atoms with Gasteiger partial charge in [-0.2, -0.15) is 0 Å². The lowest BCUT2D eigenvalue weighted by atomic mass is 10.2. The van der Waals surface area contributed by atoms with Gasteiger partial charge in [0, 0.05) is 37.7 Å².